The van der Waals surface area contributed by atoms with E-state index in [1.807, 2.05) is 67.6 Å². The summed E-state index contributed by atoms with van der Waals surface area (Å²) in [6, 6.07) is 17.3. The van der Waals surface area contributed by atoms with Crippen molar-refractivity contribution in [3.8, 4) is 0 Å². The zero-order valence-electron chi connectivity index (χ0n) is 11.4. The van der Waals surface area contributed by atoms with Gasteiger partial charge in [-0.25, -0.2) is 0 Å². The fraction of sp³-hybridized carbons (Fsp3) is 0.167. The zero-order valence-corrected chi connectivity index (χ0v) is 12.2. The minimum Gasteiger partial charge on any atom is -0.302 e. The van der Waals surface area contributed by atoms with Crippen LogP contribution in [0.4, 0.5) is 0 Å². The van der Waals surface area contributed by atoms with Gasteiger partial charge in [0.15, 0.2) is 0 Å². The van der Waals surface area contributed by atoms with Crippen LogP contribution in [0.1, 0.15) is 24.0 Å². The Bertz CT molecular complexity index is 606. The molecule has 0 saturated carbocycles. The van der Waals surface area contributed by atoms with Crippen molar-refractivity contribution in [1.29, 1.82) is 0 Å². The Morgan fingerprint density at radius 2 is 1.85 bits per heavy atom. The molecule has 2 rings (SSSR count). The number of aldehydes is 1. The second-order valence-electron chi connectivity index (χ2n) is 5.03. The molecule has 102 valence electrons. The van der Waals surface area contributed by atoms with E-state index in [2.05, 4.69) is 6.58 Å². The summed E-state index contributed by atoms with van der Waals surface area (Å²) in [5.41, 5.74) is 1.30. The molecule has 2 aromatic rings. The van der Waals surface area contributed by atoms with E-state index in [1.165, 1.54) is 0 Å². The third kappa shape index (κ3) is 2.68. The lowest BCUT2D eigenvalue weighted by atomic mass is 9.70. The summed E-state index contributed by atoms with van der Waals surface area (Å²) in [4.78, 5) is 11.8. The Morgan fingerprint density at radius 1 is 1.15 bits per heavy atom. The number of hydrogen-bond donors (Lipinski definition) is 0. The molecule has 0 aliphatic heterocycles. The molecule has 0 aliphatic rings. The molecular formula is C18H17ClO. The average molecular weight is 285 g/mol. The zero-order chi connectivity index (χ0) is 14.6. The van der Waals surface area contributed by atoms with E-state index in [0.29, 0.717) is 5.02 Å². The maximum atomic E-state index is 11.8. The molecule has 0 unspecified atom stereocenters. The molecule has 1 nitrogen and oxygen atoms in total. The summed E-state index contributed by atoms with van der Waals surface area (Å²) in [5.74, 6) is -0.124. The maximum Gasteiger partial charge on any atom is 0.131 e. The Kier molecular flexibility index (Phi) is 4.41. The second-order valence-corrected chi connectivity index (χ2v) is 5.47. The highest BCUT2D eigenvalue weighted by Gasteiger charge is 2.35. The van der Waals surface area contributed by atoms with Crippen LogP contribution in [-0.2, 0) is 10.2 Å². The lowest BCUT2D eigenvalue weighted by Crippen LogP contribution is -2.31. The maximum absolute atomic E-state index is 11.8. The van der Waals surface area contributed by atoms with Gasteiger partial charge in [0.25, 0.3) is 0 Å². The fourth-order valence-electron chi connectivity index (χ4n) is 2.55. The molecule has 0 heterocycles. The van der Waals surface area contributed by atoms with Gasteiger partial charge < -0.3 is 4.79 Å². The number of hydrogen-bond acceptors (Lipinski definition) is 1. The molecule has 0 saturated heterocycles. The van der Waals surface area contributed by atoms with Crippen LogP contribution in [0.25, 0.3) is 0 Å². The van der Waals surface area contributed by atoms with Gasteiger partial charge in [-0.3, -0.25) is 0 Å². The van der Waals surface area contributed by atoms with Crippen molar-refractivity contribution in [2.24, 2.45) is 0 Å². The topological polar surface area (TPSA) is 17.1 Å². The number of carbonyl (C=O) groups is 1. The lowest BCUT2D eigenvalue weighted by molar-refractivity contribution is -0.112. The smallest absolute Gasteiger partial charge is 0.131 e. The first-order valence-electron chi connectivity index (χ1n) is 6.51. The van der Waals surface area contributed by atoms with Crippen molar-refractivity contribution >= 4 is 17.9 Å². The molecule has 0 amide bonds. The van der Waals surface area contributed by atoms with Gasteiger partial charge >= 0.3 is 0 Å². The van der Waals surface area contributed by atoms with E-state index in [9.17, 15) is 4.79 Å². The number of allylic oxidation sites excluding steroid dienone is 1. The van der Waals surface area contributed by atoms with Crippen LogP contribution in [0.2, 0.25) is 5.02 Å². The Morgan fingerprint density at radius 3 is 2.40 bits per heavy atom. The normalized spacial score (nSPS) is 15.1. The van der Waals surface area contributed by atoms with Crippen LogP contribution in [0.15, 0.2) is 67.3 Å². The number of rotatable bonds is 5. The number of halogens is 1. The van der Waals surface area contributed by atoms with E-state index >= 15 is 0 Å². The van der Waals surface area contributed by atoms with E-state index < -0.39 is 5.41 Å². The molecule has 2 heteroatoms. The van der Waals surface area contributed by atoms with Crippen molar-refractivity contribution in [1.82, 2.24) is 0 Å². The highest BCUT2D eigenvalue weighted by Crippen LogP contribution is 2.38. The molecule has 0 fully saturated rings. The van der Waals surface area contributed by atoms with Gasteiger partial charge in [0, 0.05) is 10.9 Å². The Hall–Kier alpha value is -1.86. The first-order chi connectivity index (χ1) is 9.61. The molecule has 0 aromatic heterocycles. The van der Waals surface area contributed by atoms with Gasteiger partial charge in [-0.2, -0.15) is 0 Å². The fourth-order valence-corrected chi connectivity index (χ4v) is 2.74. The minimum atomic E-state index is -0.659. The molecular weight excluding hydrogens is 268 g/mol. The summed E-state index contributed by atoms with van der Waals surface area (Å²) in [6.07, 6.45) is 2.81. The van der Waals surface area contributed by atoms with E-state index in [0.717, 1.165) is 17.4 Å². The first-order valence-corrected chi connectivity index (χ1v) is 6.89. The van der Waals surface area contributed by atoms with Crippen LogP contribution < -0.4 is 0 Å². The predicted molar refractivity (Wildman–Crippen MR) is 84.2 cm³/mol. The van der Waals surface area contributed by atoms with Gasteiger partial charge in [-0.1, -0.05) is 60.1 Å². The standard InChI is InChI=1S/C18H17ClO/c1-3-17(14-8-7-11-16(19)12-14)18(2,13-20)15-9-5-4-6-10-15/h3-13,17H,1H2,2H3/t17-,18+/m0/s1. The van der Waals surface area contributed by atoms with E-state index in [1.54, 1.807) is 0 Å². The first kappa shape index (κ1) is 14.5. The monoisotopic (exact) mass is 284 g/mol. The summed E-state index contributed by atoms with van der Waals surface area (Å²) in [5, 5.41) is 0.663. The lowest BCUT2D eigenvalue weighted by Gasteiger charge is -2.32. The average Bonchev–Trinajstić information content (AvgIpc) is 2.48. The van der Waals surface area contributed by atoms with Crippen LogP contribution in [-0.4, -0.2) is 6.29 Å². The summed E-state index contributed by atoms with van der Waals surface area (Å²) >= 11 is 6.06. The molecule has 2 aromatic carbocycles. The van der Waals surface area contributed by atoms with Gasteiger partial charge in [0.05, 0.1) is 5.41 Å². The van der Waals surface area contributed by atoms with Gasteiger partial charge in [0.2, 0.25) is 0 Å². The van der Waals surface area contributed by atoms with Gasteiger partial charge in [-0.15, -0.1) is 6.58 Å². The highest BCUT2D eigenvalue weighted by molar-refractivity contribution is 6.30. The summed E-state index contributed by atoms with van der Waals surface area (Å²) in [6.45, 7) is 5.84. The van der Waals surface area contributed by atoms with Crippen molar-refractivity contribution in [2.75, 3.05) is 0 Å². The predicted octanol–water partition coefficient (Wildman–Crippen LogP) is 4.77. The minimum absolute atomic E-state index is 0.124. The number of carbonyl (C=O) groups excluding carboxylic acids is 1. The van der Waals surface area contributed by atoms with Crippen molar-refractivity contribution in [2.45, 2.75) is 18.3 Å². The van der Waals surface area contributed by atoms with Crippen molar-refractivity contribution in [3.05, 3.63) is 83.4 Å². The third-order valence-electron chi connectivity index (χ3n) is 3.73. The molecule has 2 atom stereocenters. The molecule has 0 radical (unpaired) electrons. The number of benzene rings is 2. The second kappa shape index (κ2) is 6.06. The molecule has 0 bridgehead atoms. The van der Waals surface area contributed by atoms with Crippen molar-refractivity contribution < 1.29 is 4.79 Å². The third-order valence-corrected chi connectivity index (χ3v) is 3.97. The van der Waals surface area contributed by atoms with Crippen LogP contribution in [0.5, 0.6) is 0 Å². The summed E-state index contributed by atoms with van der Waals surface area (Å²) in [7, 11) is 0. The molecule has 0 aliphatic carbocycles. The molecule has 0 spiro atoms. The van der Waals surface area contributed by atoms with Crippen LogP contribution in [0, 0.1) is 0 Å². The largest absolute Gasteiger partial charge is 0.302 e. The highest BCUT2D eigenvalue weighted by atomic mass is 35.5. The van der Waals surface area contributed by atoms with E-state index in [4.69, 9.17) is 11.6 Å². The van der Waals surface area contributed by atoms with E-state index in [-0.39, 0.29) is 5.92 Å². The Labute approximate surface area is 124 Å². The quantitative estimate of drug-likeness (QED) is 0.571. The van der Waals surface area contributed by atoms with Crippen LogP contribution in [0.3, 0.4) is 0 Å². The Balaban J connectivity index is 2.53. The van der Waals surface area contributed by atoms with Crippen molar-refractivity contribution in [3.63, 3.8) is 0 Å². The SMILES string of the molecule is C=C[C@@H](c1cccc(Cl)c1)[C@](C)(C=O)c1ccccc1. The summed E-state index contributed by atoms with van der Waals surface area (Å²) < 4.78 is 0. The molecule has 0 N–H and O–H groups in total. The van der Waals surface area contributed by atoms with Gasteiger partial charge in [0.1, 0.15) is 6.29 Å². The van der Waals surface area contributed by atoms with Crippen LogP contribution >= 0.6 is 11.6 Å². The van der Waals surface area contributed by atoms with Gasteiger partial charge in [-0.05, 0) is 30.2 Å². The molecule has 20 heavy (non-hydrogen) atoms.